The molecule has 1 saturated carbocycles. The highest BCUT2D eigenvalue weighted by molar-refractivity contribution is 7.89. The summed E-state index contributed by atoms with van der Waals surface area (Å²) in [4.78, 5) is 0.184. The number of benzene rings is 2. The van der Waals surface area contributed by atoms with Gasteiger partial charge in [-0.1, -0.05) is 23.7 Å². The molecular formula is C18H18ClNO4S. The molecule has 0 saturated heterocycles. The molecule has 5 nitrogen and oxygen atoms in total. The molecule has 0 aromatic heterocycles. The first-order valence-corrected chi connectivity index (χ1v) is 10.0. The summed E-state index contributed by atoms with van der Waals surface area (Å²) < 4.78 is 38.9. The number of sulfonamides is 1. The van der Waals surface area contributed by atoms with Gasteiger partial charge in [-0.2, -0.15) is 0 Å². The summed E-state index contributed by atoms with van der Waals surface area (Å²) >= 11 is 5.94. The summed E-state index contributed by atoms with van der Waals surface area (Å²) in [7, 11) is -3.61. The van der Waals surface area contributed by atoms with Gasteiger partial charge in [0.2, 0.25) is 10.0 Å². The second-order valence-corrected chi connectivity index (χ2v) is 8.62. The molecule has 25 heavy (non-hydrogen) atoms. The molecule has 2 aromatic carbocycles. The molecule has 0 unspecified atom stereocenters. The molecule has 1 N–H and O–H groups in total. The molecule has 1 heterocycles. The Kier molecular flexibility index (Phi) is 4.14. The van der Waals surface area contributed by atoms with Crippen molar-refractivity contribution in [2.75, 3.05) is 19.8 Å². The maximum atomic E-state index is 12.6. The average Bonchev–Trinajstić information content (AvgIpc) is 3.41. The zero-order valence-electron chi connectivity index (χ0n) is 13.5. The Hall–Kier alpha value is -1.76. The highest BCUT2D eigenvalue weighted by Crippen LogP contribution is 2.48. The molecule has 1 aliphatic carbocycles. The van der Waals surface area contributed by atoms with E-state index in [1.807, 2.05) is 24.3 Å². The van der Waals surface area contributed by atoms with Crippen molar-refractivity contribution in [3.8, 4) is 11.5 Å². The Balaban J connectivity index is 1.51. The lowest BCUT2D eigenvalue weighted by molar-refractivity contribution is 0.171. The Morgan fingerprint density at radius 3 is 2.36 bits per heavy atom. The molecule has 1 fully saturated rings. The SMILES string of the molecule is O=S(=O)(NCC1(c2ccc(Cl)cc2)CC1)c1ccc2c(c1)OCCO2. The van der Waals surface area contributed by atoms with Crippen LogP contribution in [0.25, 0.3) is 0 Å². The van der Waals surface area contributed by atoms with Gasteiger partial charge in [-0.15, -0.1) is 0 Å². The molecule has 1 aliphatic heterocycles. The fourth-order valence-electron chi connectivity index (χ4n) is 3.03. The van der Waals surface area contributed by atoms with Crippen LogP contribution in [0.3, 0.4) is 0 Å². The van der Waals surface area contributed by atoms with Gasteiger partial charge in [0.1, 0.15) is 13.2 Å². The van der Waals surface area contributed by atoms with Crippen LogP contribution in [0, 0.1) is 0 Å². The second kappa shape index (κ2) is 6.20. The number of fused-ring (bicyclic) bond motifs is 1. The van der Waals surface area contributed by atoms with Gasteiger partial charge in [0.25, 0.3) is 0 Å². The van der Waals surface area contributed by atoms with Crippen molar-refractivity contribution in [1.82, 2.24) is 4.72 Å². The minimum absolute atomic E-state index is 0.133. The summed E-state index contributed by atoms with van der Waals surface area (Å²) in [5.41, 5.74) is 0.979. The largest absolute Gasteiger partial charge is 0.486 e. The van der Waals surface area contributed by atoms with E-state index < -0.39 is 10.0 Å². The Bertz CT molecular complexity index is 892. The van der Waals surface area contributed by atoms with Gasteiger partial charge in [0.05, 0.1) is 4.90 Å². The van der Waals surface area contributed by atoms with E-state index in [4.69, 9.17) is 21.1 Å². The van der Waals surface area contributed by atoms with E-state index in [2.05, 4.69) is 4.72 Å². The lowest BCUT2D eigenvalue weighted by Gasteiger charge is -2.20. The van der Waals surface area contributed by atoms with Crippen molar-refractivity contribution < 1.29 is 17.9 Å². The van der Waals surface area contributed by atoms with Crippen molar-refractivity contribution in [3.63, 3.8) is 0 Å². The predicted molar refractivity (Wildman–Crippen MR) is 95.0 cm³/mol. The standard InChI is InChI=1S/C18H18ClNO4S/c19-14-3-1-13(2-4-14)18(7-8-18)12-20-25(21,22)15-5-6-16-17(11-15)24-10-9-23-16/h1-6,11,20H,7-10,12H2. The van der Waals surface area contributed by atoms with Crippen molar-refractivity contribution >= 4 is 21.6 Å². The highest BCUT2D eigenvalue weighted by Gasteiger charge is 2.44. The molecular weight excluding hydrogens is 362 g/mol. The molecule has 0 radical (unpaired) electrons. The number of hydrogen-bond donors (Lipinski definition) is 1. The Morgan fingerprint density at radius 2 is 1.68 bits per heavy atom. The van der Waals surface area contributed by atoms with Gasteiger partial charge in [0, 0.05) is 23.0 Å². The van der Waals surface area contributed by atoms with E-state index in [0.717, 1.165) is 18.4 Å². The first-order chi connectivity index (χ1) is 12.0. The molecule has 2 aromatic rings. The van der Waals surface area contributed by atoms with E-state index in [0.29, 0.717) is 36.3 Å². The van der Waals surface area contributed by atoms with Crippen molar-refractivity contribution in [1.29, 1.82) is 0 Å². The maximum Gasteiger partial charge on any atom is 0.240 e. The quantitative estimate of drug-likeness (QED) is 0.866. The van der Waals surface area contributed by atoms with E-state index >= 15 is 0 Å². The number of halogens is 1. The van der Waals surface area contributed by atoms with Gasteiger partial charge in [-0.05, 0) is 42.7 Å². The summed E-state index contributed by atoms with van der Waals surface area (Å²) in [6, 6.07) is 12.3. The van der Waals surface area contributed by atoms with Crippen molar-refractivity contribution in [2.45, 2.75) is 23.2 Å². The normalized spacial score (nSPS) is 18.0. The first kappa shape index (κ1) is 16.7. The molecule has 0 amide bonds. The van der Waals surface area contributed by atoms with Crippen LogP contribution in [0.15, 0.2) is 47.4 Å². The summed E-state index contributed by atoms with van der Waals surface area (Å²) in [6.45, 7) is 1.26. The fourth-order valence-corrected chi connectivity index (χ4v) is 4.30. The summed E-state index contributed by atoms with van der Waals surface area (Å²) in [5.74, 6) is 1.04. The minimum Gasteiger partial charge on any atom is -0.486 e. The smallest absolute Gasteiger partial charge is 0.240 e. The minimum atomic E-state index is -3.61. The molecule has 0 bridgehead atoms. The number of nitrogens with one attached hydrogen (secondary N) is 1. The second-order valence-electron chi connectivity index (χ2n) is 6.42. The molecule has 132 valence electrons. The van der Waals surface area contributed by atoms with Gasteiger partial charge in [0.15, 0.2) is 11.5 Å². The van der Waals surface area contributed by atoms with Gasteiger partial charge < -0.3 is 9.47 Å². The molecule has 0 atom stereocenters. The summed E-state index contributed by atoms with van der Waals surface area (Å²) in [5, 5.41) is 0.677. The van der Waals surface area contributed by atoms with Crippen LogP contribution in [0.2, 0.25) is 5.02 Å². The van der Waals surface area contributed by atoms with Crippen LogP contribution in [0.1, 0.15) is 18.4 Å². The van der Waals surface area contributed by atoms with E-state index in [1.165, 1.54) is 12.1 Å². The highest BCUT2D eigenvalue weighted by atomic mass is 35.5. The molecule has 0 spiro atoms. The van der Waals surface area contributed by atoms with Crippen LogP contribution in [-0.4, -0.2) is 28.2 Å². The molecule has 2 aliphatic rings. The van der Waals surface area contributed by atoms with Crippen molar-refractivity contribution in [3.05, 3.63) is 53.1 Å². The first-order valence-electron chi connectivity index (χ1n) is 8.14. The average molecular weight is 380 g/mol. The fraction of sp³-hybridized carbons (Fsp3) is 0.333. The zero-order valence-corrected chi connectivity index (χ0v) is 15.1. The van der Waals surface area contributed by atoms with E-state index in [1.54, 1.807) is 6.07 Å². The summed E-state index contributed by atoms with van der Waals surface area (Å²) in [6.07, 6.45) is 1.91. The van der Waals surface area contributed by atoms with Gasteiger partial charge in [-0.3, -0.25) is 0 Å². The Labute approximate surface area is 152 Å². The molecule has 4 rings (SSSR count). The van der Waals surface area contributed by atoms with Gasteiger partial charge >= 0.3 is 0 Å². The zero-order chi connectivity index (χ0) is 17.5. The van der Waals surface area contributed by atoms with Crippen LogP contribution in [-0.2, 0) is 15.4 Å². The van der Waals surface area contributed by atoms with Gasteiger partial charge in [-0.25, -0.2) is 13.1 Å². The topological polar surface area (TPSA) is 64.6 Å². The number of hydrogen-bond acceptors (Lipinski definition) is 4. The third-order valence-corrected chi connectivity index (χ3v) is 6.39. The lowest BCUT2D eigenvalue weighted by atomic mass is 9.96. The number of rotatable bonds is 5. The third kappa shape index (κ3) is 3.34. The Morgan fingerprint density at radius 1 is 1.00 bits per heavy atom. The van der Waals surface area contributed by atoms with Crippen LogP contribution < -0.4 is 14.2 Å². The van der Waals surface area contributed by atoms with Crippen LogP contribution >= 0.6 is 11.6 Å². The predicted octanol–water partition coefficient (Wildman–Crippen LogP) is 3.12. The molecule has 7 heteroatoms. The van der Waals surface area contributed by atoms with Crippen LogP contribution in [0.4, 0.5) is 0 Å². The third-order valence-electron chi connectivity index (χ3n) is 4.73. The van der Waals surface area contributed by atoms with Crippen LogP contribution in [0.5, 0.6) is 11.5 Å². The monoisotopic (exact) mass is 379 g/mol. The van der Waals surface area contributed by atoms with E-state index in [-0.39, 0.29) is 10.3 Å². The number of ether oxygens (including phenoxy) is 2. The maximum absolute atomic E-state index is 12.6. The van der Waals surface area contributed by atoms with Crippen molar-refractivity contribution in [2.24, 2.45) is 0 Å². The van der Waals surface area contributed by atoms with E-state index in [9.17, 15) is 8.42 Å². The lowest BCUT2D eigenvalue weighted by Crippen LogP contribution is -2.32.